The van der Waals surface area contributed by atoms with Gasteiger partial charge in [0.05, 0.1) is 5.69 Å². The van der Waals surface area contributed by atoms with Crippen molar-refractivity contribution in [3.63, 3.8) is 0 Å². The Bertz CT molecular complexity index is 795. The van der Waals surface area contributed by atoms with E-state index in [0.29, 0.717) is 5.69 Å². The van der Waals surface area contributed by atoms with Crippen LogP contribution in [0.3, 0.4) is 0 Å². The van der Waals surface area contributed by atoms with E-state index in [4.69, 9.17) is 5.26 Å². The van der Waals surface area contributed by atoms with Gasteiger partial charge in [-0.2, -0.15) is 5.26 Å². The molecule has 0 saturated carbocycles. The minimum absolute atomic E-state index is 0.372. The predicted molar refractivity (Wildman–Crippen MR) is 73.1 cm³/mol. The molecule has 0 bridgehead atoms. The highest BCUT2D eigenvalue weighted by atomic mass is 32.2. The zero-order valence-corrected chi connectivity index (χ0v) is 11.4. The highest BCUT2D eigenvalue weighted by Crippen LogP contribution is 2.22. The van der Waals surface area contributed by atoms with Crippen LogP contribution in [0.15, 0.2) is 47.4 Å². The Balaban J connectivity index is 2.50. The largest absolute Gasteiger partial charge is 0.279 e. The number of para-hydroxylation sites is 1. The van der Waals surface area contributed by atoms with E-state index >= 15 is 0 Å². The fourth-order valence-corrected chi connectivity index (χ4v) is 3.02. The summed E-state index contributed by atoms with van der Waals surface area (Å²) in [5.74, 6) is -0.861. The van der Waals surface area contributed by atoms with Crippen molar-refractivity contribution in [1.29, 1.82) is 5.26 Å². The third kappa shape index (κ3) is 2.63. The van der Waals surface area contributed by atoms with Crippen LogP contribution in [0.5, 0.6) is 0 Å². The predicted octanol–water partition coefficient (Wildman–Crippen LogP) is 2.81. The molecule has 0 heterocycles. The van der Waals surface area contributed by atoms with Gasteiger partial charge in [-0.15, -0.1) is 0 Å². The smallest absolute Gasteiger partial charge is 0.263 e. The zero-order chi connectivity index (χ0) is 14.8. The van der Waals surface area contributed by atoms with Gasteiger partial charge in [-0.25, -0.2) is 12.8 Å². The van der Waals surface area contributed by atoms with Gasteiger partial charge >= 0.3 is 0 Å². The molecular weight excluding hydrogens is 279 g/mol. The molecule has 1 N–H and O–H groups in total. The molecule has 0 aliphatic heterocycles. The summed E-state index contributed by atoms with van der Waals surface area (Å²) < 4.78 is 40.4. The molecule has 2 aromatic carbocycles. The maximum Gasteiger partial charge on any atom is 0.263 e. The number of anilines is 1. The van der Waals surface area contributed by atoms with Gasteiger partial charge in [0.1, 0.15) is 22.3 Å². The van der Waals surface area contributed by atoms with Gasteiger partial charge in [-0.1, -0.05) is 24.3 Å². The first-order chi connectivity index (χ1) is 9.45. The summed E-state index contributed by atoms with van der Waals surface area (Å²) in [4.78, 5) is -0.372. The molecule has 20 heavy (non-hydrogen) atoms. The van der Waals surface area contributed by atoms with Crippen molar-refractivity contribution >= 4 is 15.7 Å². The molecule has 0 unspecified atom stereocenters. The van der Waals surface area contributed by atoms with Crippen LogP contribution in [-0.2, 0) is 10.0 Å². The number of nitrogens with one attached hydrogen (secondary N) is 1. The van der Waals surface area contributed by atoms with Crippen LogP contribution in [0.25, 0.3) is 0 Å². The summed E-state index contributed by atoms with van der Waals surface area (Å²) in [5, 5.41) is 8.90. The lowest BCUT2D eigenvalue weighted by atomic mass is 10.2. The Morgan fingerprint density at radius 2 is 1.85 bits per heavy atom. The van der Waals surface area contributed by atoms with Crippen LogP contribution in [0.2, 0.25) is 0 Å². The number of nitrogens with zero attached hydrogens (tertiary/aromatic N) is 1. The lowest BCUT2D eigenvalue weighted by molar-refractivity contribution is 0.593. The molecule has 2 rings (SSSR count). The zero-order valence-electron chi connectivity index (χ0n) is 10.6. The first-order valence-corrected chi connectivity index (χ1v) is 7.21. The van der Waals surface area contributed by atoms with Gasteiger partial charge in [0.2, 0.25) is 0 Å². The van der Waals surface area contributed by atoms with E-state index in [9.17, 15) is 12.8 Å². The van der Waals surface area contributed by atoms with E-state index < -0.39 is 21.4 Å². The first kappa shape index (κ1) is 14.0. The van der Waals surface area contributed by atoms with Crippen molar-refractivity contribution in [3.8, 4) is 6.07 Å². The molecule has 0 radical (unpaired) electrons. The summed E-state index contributed by atoms with van der Waals surface area (Å²) in [6.45, 7) is 1.74. The number of nitriles is 1. The number of rotatable bonds is 3. The minimum Gasteiger partial charge on any atom is -0.279 e. The van der Waals surface area contributed by atoms with Gasteiger partial charge in [0.25, 0.3) is 10.0 Å². The number of aryl methyl sites for hydroxylation is 1. The first-order valence-electron chi connectivity index (χ1n) is 5.73. The SMILES string of the molecule is Cc1ccccc1NS(=O)(=O)c1cccc(F)c1C#N. The third-order valence-electron chi connectivity index (χ3n) is 2.77. The second kappa shape index (κ2) is 5.31. The summed E-state index contributed by atoms with van der Waals surface area (Å²) in [6, 6.07) is 11.9. The van der Waals surface area contributed by atoms with Crippen molar-refractivity contribution in [2.45, 2.75) is 11.8 Å². The molecule has 102 valence electrons. The molecule has 0 spiro atoms. The van der Waals surface area contributed by atoms with E-state index in [-0.39, 0.29) is 4.90 Å². The van der Waals surface area contributed by atoms with Gasteiger partial charge in [0.15, 0.2) is 0 Å². The normalized spacial score (nSPS) is 10.8. The van der Waals surface area contributed by atoms with E-state index in [1.54, 1.807) is 37.3 Å². The summed E-state index contributed by atoms with van der Waals surface area (Å²) in [6.07, 6.45) is 0. The summed E-state index contributed by atoms with van der Waals surface area (Å²) in [7, 11) is -4.01. The van der Waals surface area contributed by atoms with Gasteiger partial charge in [-0.3, -0.25) is 4.72 Å². The van der Waals surface area contributed by atoms with Crippen molar-refractivity contribution in [2.75, 3.05) is 4.72 Å². The number of halogens is 1. The van der Waals surface area contributed by atoms with Crippen LogP contribution >= 0.6 is 0 Å². The topological polar surface area (TPSA) is 70.0 Å². The van der Waals surface area contributed by atoms with Crippen molar-refractivity contribution < 1.29 is 12.8 Å². The van der Waals surface area contributed by atoms with Crippen LogP contribution < -0.4 is 4.72 Å². The average Bonchev–Trinajstić information content (AvgIpc) is 2.41. The molecule has 2 aromatic rings. The van der Waals surface area contributed by atoms with E-state index in [1.807, 2.05) is 0 Å². The molecule has 4 nitrogen and oxygen atoms in total. The molecule has 0 aliphatic rings. The van der Waals surface area contributed by atoms with E-state index in [2.05, 4.69) is 4.72 Å². The monoisotopic (exact) mass is 290 g/mol. The molecule has 0 aromatic heterocycles. The Hall–Kier alpha value is -2.39. The quantitative estimate of drug-likeness (QED) is 0.945. The Labute approximate surface area is 116 Å². The molecule has 0 amide bonds. The molecule has 0 saturated heterocycles. The van der Waals surface area contributed by atoms with Crippen LogP contribution in [-0.4, -0.2) is 8.42 Å². The fourth-order valence-electron chi connectivity index (χ4n) is 1.72. The van der Waals surface area contributed by atoms with Gasteiger partial charge in [-0.05, 0) is 30.7 Å². The average molecular weight is 290 g/mol. The highest BCUT2D eigenvalue weighted by molar-refractivity contribution is 7.92. The fraction of sp³-hybridized carbons (Fsp3) is 0.0714. The Morgan fingerprint density at radius 3 is 2.50 bits per heavy atom. The highest BCUT2D eigenvalue weighted by Gasteiger charge is 2.21. The van der Waals surface area contributed by atoms with Crippen LogP contribution in [0.4, 0.5) is 10.1 Å². The molecule has 0 aliphatic carbocycles. The molecule has 6 heteroatoms. The van der Waals surface area contributed by atoms with Crippen LogP contribution in [0, 0.1) is 24.1 Å². The summed E-state index contributed by atoms with van der Waals surface area (Å²) in [5.41, 5.74) is 0.625. The van der Waals surface area contributed by atoms with E-state index in [1.165, 1.54) is 12.1 Å². The Kier molecular flexibility index (Phi) is 3.72. The molecule has 0 fully saturated rings. The number of hydrogen-bond donors (Lipinski definition) is 1. The van der Waals surface area contributed by atoms with Crippen molar-refractivity contribution in [1.82, 2.24) is 0 Å². The van der Waals surface area contributed by atoms with E-state index in [0.717, 1.165) is 11.6 Å². The summed E-state index contributed by atoms with van der Waals surface area (Å²) >= 11 is 0. The number of sulfonamides is 1. The lowest BCUT2D eigenvalue weighted by Crippen LogP contribution is -2.15. The third-order valence-corrected chi connectivity index (χ3v) is 4.17. The second-order valence-corrected chi connectivity index (χ2v) is 5.80. The van der Waals surface area contributed by atoms with Crippen molar-refractivity contribution in [3.05, 3.63) is 59.4 Å². The van der Waals surface area contributed by atoms with Gasteiger partial charge in [0, 0.05) is 0 Å². The molecule has 0 atom stereocenters. The van der Waals surface area contributed by atoms with Crippen molar-refractivity contribution in [2.24, 2.45) is 0 Å². The number of benzene rings is 2. The molecular formula is C14H11FN2O2S. The van der Waals surface area contributed by atoms with Gasteiger partial charge < -0.3 is 0 Å². The van der Waals surface area contributed by atoms with Crippen LogP contribution in [0.1, 0.15) is 11.1 Å². The lowest BCUT2D eigenvalue weighted by Gasteiger charge is -2.11. The Morgan fingerprint density at radius 1 is 1.15 bits per heavy atom. The minimum atomic E-state index is -4.01. The second-order valence-electron chi connectivity index (χ2n) is 4.15. The number of hydrogen-bond acceptors (Lipinski definition) is 3. The maximum atomic E-state index is 13.5. The maximum absolute atomic E-state index is 13.5. The standard InChI is InChI=1S/C14H11FN2O2S/c1-10-5-2-3-7-13(10)17-20(18,19)14-8-4-6-12(15)11(14)9-16/h2-8,17H,1H3.